The van der Waals surface area contributed by atoms with Crippen molar-refractivity contribution in [2.75, 3.05) is 20.2 Å². The first-order valence-electron chi connectivity index (χ1n) is 4.39. The van der Waals surface area contributed by atoms with Crippen LogP contribution in [0.25, 0.3) is 0 Å². The first-order valence-corrected chi connectivity index (χ1v) is 4.39. The highest BCUT2D eigenvalue weighted by Crippen LogP contribution is 1.89. The van der Waals surface area contributed by atoms with E-state index in [2.05, 4.69) is 10.6 Å². The third-order valence-electron chi connectivity index (χ3n) is 1.45. The molecule has 2 amide bonds. The number of amides is 2. The Hall–Kier alpha value is -1.14. The summed E-state index contributed by atoms with van der Waals surface area (Å²) in [7, 11) is 1.39. The van der Waals surface area contributed by atoms with Gasteiger partial charge in [0.2, 0.25) is 12.2 Å². The van der Waals surface area contributed by atoms with Gasteiger partial charge < -0.3 is 20.5 Å². The molecule has 0 bridgehead atoms. The Morgan fingerprint density at radius 3 is 2.64 bits per heavy atom. The molecule has 0 saturated heterocycles. The number of ether oxygens (including phenoxy) is 1. The van der Waals surface area contributed by atoms with E-state index in [1.807, 2.05) is 0 Å². The van der Waals surface area contributed by atoms with Gasteiger partial charge in [0.15, 0.2) is 0 Å². The van der Waals surface area contributed by atoms with Crippen LogP contribution in [-0.4, -0.2) is 43.4 Å². The van der Waals surface area contributed by atoms with E-state index in [0.717, 1.165) is 0 Å². The molecule has 1 unspecified atom stereocenters. The number of aliphatic hydroxyl groups is 1. The molecule has 0 heterocycles. The van der Waals surface area contributed by atoms with Crippen LogP contribution in [0.2, 0.25) is 0 Å². The second-order valence-electron chi connectivity index (χ2n) is 2.54. The molecule has 0 spiro atoms. The zero-order chi connectivity index (χ0) is 11.0. The Bertz CT molecular complexity index is 196. The van der Waals surface area contributed by atoms with Crippen LogP contribution in [0, 0.1) is 0 Å². The average molecular weight is 204 g/mol. The fraction of sp³-hybridized carbons (Fsp3) is 0.750. The molecule has 0 aliphatic heterocycles. The third kappa shape index (κ3) is 5.50. The van der Waals surface area contributed by atoms with Crippen LogP contribution in [0.1, 0.15) is 13.3 Å². The van der Waals surface area contributed by atoms with Crippen LogP contribution in [0.3, 0.4) is 0 Å². The molecular weight excluding hydrogens is 188 g/mol. The van der Waals surface area contributed by atoms with Crippen molar-refractivity contribution >= 4 is 11.8 Å². The van der Waals surface area contributed by atoms with Crippen molar-refractivity contribution < 1.29 is 19.4 Å². The van der Waals surface area contributed by atoms with E-state index in [1.54, 1.807) is 6.92 Å². The van der Waals surface area contributed by atoms with Crippen molar-refractivity contribution in [3.8, 4) is 0 Å². The maximum Gasteiger partial charge on any atom is 0.276 e. The molecular formula is C8H16N2O4. The molecule has 0 aliphatic rings. The Balaban J connectivity index is 3.53. The third-order valence-corrected chi connectivity index (χ3v) is 1.45. The molecule has 0 aromatic carbocycles. The van der Waals surface area contributed by atoms with E-state index in [4.69, 9.17) is 9.84 Å². The topological polar surface area (TPSA) is 87.7 Å². The van der Waals surface area contributed by atoms with E-state index in [0.29, 0.717) is 6.54 Å². The number of aliphatic hydroxyl groups excluding tert-OH is 1. The molecule has 6 heteroatoms. The Morgan fingerprint density at radius 2 is 2.14 bits per heavy atom. The first-order chi connectivity index (χ1) is 6.61. The van der Waals surface area contributed by atoms with Crippen LogP contribution in [0.15, 0.2) is 0 Å². The van der Waals surface area contributed by atoms with E-state index in [9.17, 15) is 9.59 Å². The standard InChI is InChI=1S/C8H16N2O4/c1-3-10-6(11)4-5-14-8(13)7(12)9-2/h8,13H,3-5H2,1-2H3,(H,9,12)(H,10,11). The number of nitrogens with one attached hydrogen (secondary N) is 2. The Morgan fingerprint density at radius 1 is 1.50 bits per heavy atom. The van der Waals surface area contributed by atoms with Gasteiger partial charge in [-0.05, 0) is 6.92 Å². The van der Waals surface area contributed by atoms with Crippen molar-refractivity contribution in [1.29, 1.82) is 0 Å². The van der Waals surface area contributed by atoms with Gasteiger partial charge in [0.1, 0.15) is 0 Å². The quantitative estimate of drug-likeness (QED) is 0.464. The van der Waals surface area contributed by atoms with Gasteiger partial charge in [-0.2, -0.15) is 0 Å². The lowest BCUT2D eigenvalue weighted by Gasteiger charge is -2.09. The van der Waals surface area contributed by atoms with Gasteiger partial charge >= 0.3 is 0 Å². The first kappa shape index (κ1) is 12.9. The second-order valence-corrected chi connectivity index (χ2v) is 2.54. The molecule has 6 nitrogen and oxygen atoms in total. The largest absolute Gasteiger partial charge is 0.361 e. The van der Waals surface area contributed by atoms with Gasteiger partial charge in [0.25, 0.3) is 5.91 Å². The number of carbonyl (C=O) groups excluding carboxylic acids is 2. The van der Waals surface area contributed by atoms with Crippen molar-refractivity contribution in [2.24, 2.45) is 0 Å². The van der Waals surface area contributed by atoms with Crippen molar-refractivity contribution in [2.45, 2.75) is 19.6 Å². The summed E-state index contributed by atoms with van der Waals surface area (Å²) in [4.78, 5) is 21.6. The van der Waals surface area contributed by atoms with Crippen molar-refractivity contribution in [3.05, 3.63) is 0 Å². The number of rotatable bonds is 6. The fourth-order valence-electron chi connectivity index (χ4n) is 0.748. The molecule has 0 saturated carbocycles. The lowest BCUT2D eigenvalue weighted by molar-refractivity contribution is -0.158. The van der Waals surface area contributed by atoms with Crippen LogP contribution in [0.4, 0.5) is 0 Å². The summed E-state index contributed by atoms with van der Waals surface area (Å²) in [6, 6.07) is 0. The second kappa shape index (κ2) is 7.28. The summed E-state index contributed by atoms with van der Waals surface area (Å²) >= 11 is 0. The van der Waals surface area contributed by atoms with E-state index in [-0.39, 0.29) is 18.9 Å². The van der Waals surface area contributed by atoms with E-state index in [1.165, 1.54) is 7.05 Å². The summed E-state index contributed by atoms with van der Waals surface area (Å²) in [5.41, 5.74) is 0. The van der Waals surface area contributed by atoms with E-state index < -0.39 is 12.2 Å². The summed E-state index contributed by atoms with van der Waals surface area (Å²) in [5.74, 6) is -0.794. The normalized spacial score (nSPS) is 11.9. The van der Waals surface area contributed by atoms with Crippen LogP contribution >= 0.6 is 0 Å². The molecule has 0 radical (unpaired) electrons. The monoisotopic (exact) mass is 204 g/mol. The zero-order valence-electron chi connectivity index (χ0n) is 8.37. The highest BCUT2D eigenvalue weighted by atomic mass is 16.6. The maximum atomic E-state index is 10.9. The predicted molar refractivity (Wildman–Crippen MR) is 49.3 cm³/mol. The number of hydrogen-bond acceptors (Lipinski definition) is 4. The molecule has 3 N–H and O–H groups in total. The minimum atomic E-state index is -1.51. The minimum Gasteiger partial charge on any atom is -0.361 e. The number of hydrogen-bond donors (Lipinski definition) is 3. The van der Waals surface area contributed by atoms with Crippen molar-refractivity contribution in [3.63, 3.8) is 0 Å². The molecule has 14 heavy (non-hydrogen) atoms. The van der Waals surface area contributed by atoms with Gasteiger partial charge in [-0.3, -0.25) is 9.59 Å². The van der Waals surface area contributed by atoms with Crippen LogP contribution in [0.5, 0.6) is 0 Å². The van der Waals surface area contributed by atoms with E-state index >= 15 is 0 Å². The molecule has 0 rings (SSSR count). The highest BCUT2D eigenvalue weighted by Gasteiger charge is 2.13. The van der Waals surface area contributed by atoms with Gasteiger partial charge in [-0.15, -0.1) is 0 Å². The molecule has 82 valence electrons. The van der Waals surface area contributed by atoms with Gasteiger partial charge in [-0.1, -0.05) is 0 Å². The van der Waals surface area contributed by atoms with Gasteiger partial charge in [0.05, 0.1) is 13.0 Å². The smallest absolute Gasteiger partial charge is 0.276 e. The fourth-order valence-corrected chi connectivity index (χ4v) is 0.748. The Labute approximate surface area is 82.6 Å². The van der Waals surface area contributed by atoms with Crippen molar-refractivity contribution in [1.82, 2.24) is 10.6 Å². The summed E-state index contributed by atoms with van der Waals surface area (Å²) < 4.78 is 4.69. The number of carbonyl (C=O) groups is 2. The predicted octanol–water partition coefficient (Wildman–Crippen LogP) is -1.41. The summed E-state index contributed by atoms with van der Waals surface area (Å²) in [5, 5.41) is 13.8. The highest BCUT2D eigenvalue weighted by molar-refractivity contribution is 5.79. The average Bonchev–Trinajstić information content (AvgIpc) is 2.16. The maximum absolute atomic E-state index is 10.9. The molecule has 0 aliphatic carbocycles. The Kier molecular flexibility index (Phi) is 6.69. The van der Waals surface area contributed by atoms with Crippen LogP contribution in [-0.2, 0) is 14.3 Å². The zero-order valence-corrected chi connectivity index (χ0v) is 8.37. The van der Waals surface area contributed by atoms with Gasteiger partial charge in [0, 0.05) is 13.6 Å². The molecule has 0 fully saturated rings. The molecule has 0 aromatic rings. The lowest BCUT2D eigenvalue weighted by atomic mass is 10.4. The minimum absolute atomic E-state index is 0.0143. The molecule has 1 atom stereocenters. The van der Waals surface area contributed by atoms with Crippen LogP contribution < -0.4 is 10.6 Å². The number of likely N-dealkylation sites (N-methyl/N-ethyl adjacent to an activating group) is 1. The SMILES string of the molecule is CCNC(=O)CCOC(O)C(=O)NC. The molecule has 0 aromatic heterocycles. The summed E-state index contributed by atoms with van der Waals surface area (Å²) in [6.45, 7) is 2.37. The van der Waals surface area contributed by atoms with Gasteiger partial charge in [-0.25, -0.2) is 0 Å². The lowest BCUT2D eigenvalue weighted by Crippen LogP contribution is -2.34. The summed E-state index contributed by atoms with van der Waals surface area (Å²) in [6.07, 6.45) is -1.38.